The van der Waals surface area contributed by atoms with E-state index in [0.29, 0.717) is 17.7 Å². The zero-order chi connectivity index (χ0) is 13.0. The molecule has 2 amide bonds. The predicted octanol–water partition coefficient (Wildman–Crippen LogP) is 3.70. The predicted molar refractivity (Wildman–Crippen MR) is 73.1 cm³/mol. The monoisotopic (exact) mass is 265 g/mol. The van der Waals surface area contributed by atoms with Crippen LogP contribution in [0.4, 0.5) is 0 Å². The van der Waals surface area contributed by atoms with Crippen LogP contribution in [0.5, 0.6) is 0 Å². The van der Waals surface area contributed by atoms with Gasteiger partial charge >= 0.3 is 0 Å². The molecule has 0 N–H and O–H groups in total. The summed E-state index contributed by atoms with van der Waals surface area (Å²) in [5.41, 5.74) is 1.19. The molecule has 1 aromatic rings. The quantitative estimate of drug-likeness (QED) is 0.557. The van der Waals surface area contributed by atoms with Crippen LogP contribution in [0.2, 0.25) is 0 Å². The summed E-state index contributed by atoms with van der Waals surface area (Å²) >= 11 is 1.42. The van der Waals surface area contributed by atoms with Crippen molar-refractivity contribution in [3.05, 3.63) is 21.9 Å². The number of amides is 2. The fraction of sp³-hybridized carbons (Fsp3) is 0.571. The number of fused-ring (bicyclic) bond motifs is 1. The fourth-order valence-corrected chi connectivity index (χ4v) is 3.06. The maximum absolute atomic E-state index is 11.9. The molecule has 98 valence electrons. The lowest BCUT2D eigenvalue weighted by Gasteiger charge is -2.13. The number of carbonyl (C=O) groups is 2. The molecule has 0 radical (unpaired) electrons. The summed E-state index contributed by atoms with van der Waals surface area (Å²) in [4.78, 5) is 25.3. The maximum Gasteiger partial charge on any atom is 0.262 e. The molecule has 3 nitrogen and oxygen atoms in total. The molecule has 2 rings (SSSR count). The minimum Gasteiger partial charge on any atom is -0.274 e. The smallest absolute Gasteiger partial charge is 0.262 e. The summed E-state index contributed by atoms with van der Waals surface area (Å²) in [6.45, 7) is 2.77. The lowest BCUT2D eigenvalue weighted by Crippen LogP contribution is -2.30. The first-order chi connectivity index (χ1) is 8.75. The Hall–Kier alpha value is -1.16. The Labute approximate surface area is 112 Å². The van der Waals surface area contributed by atoms with Crippen LogP contribution in [0.15, 0.2) is 10.8 Å². The molecule has 2 heterocycles. The minimum absolute atomic E-state index is 0.107. The Morgan fingerprint density at radius 2 is 1.50 bits per heavy atom. The highest BCUT2D eigenvalue weighted by molar-refractivity contribution is 7.08. The highest BCUT2D eigenvalue weighted by atomic mass is 32.1. The average Bonchev–Trinajstić information content (AvgIpc) is 2.92. The molecule has 4 heteroatoms. The Morgan fingerprint density at radius 1 is 0.944 bits per heavy atom. The van der Waals surface area contributed by atoms with Crippen LogP contribution in [-0.2, 0) is 0 Å². The van der Waals surface area contributed by atoms with Crippen molar-refractivity contribution in [2.24, 2.45) is 0 Å². The SMILES string of the molecule is CCCCCCCCN1C(=O)c2cscc2C1=O. The van der Waals surface area contributed by atoms with Crippen molar-refractivity contribution >= 4 is 23.2 Å². The minimum atomic E-state index is -0.107. The van der Waals surface area contributed by atoms with E-state index < -0.39 is 0 Å². The van der Waals surface area contributed by atoms with Crippen LogP contribution in [-0.4, -0.2) is 23.3 Å². The van der Waals surface area contributed by atoms with Crippen LogP contribution >= 0.6 is 11.3 Å². The molecule has 0 aliphatic carbocycles. The molecule has 0 atom stereocenters. The molecule has 0 saturated heterocycles. The second kappa shape index (κ2) is 6.14. The molecule has 18 heavy (non-hydrogen) atoms. The van der Waals surface area contributed by atoms with Crippen molar-refractivity contribution in [2.75, 3.05) is 6.54 Å². The molecule has 0 fully saturated rings. The van der Waals surface area contributed by atoms with Crippen molar-refractivity contribution in [3.8, 4) is 0 Å². The number of nitrogens with zero attached hydrogens (tertiary/aromatic N) is 1. The number of hydrogen-bond donors (Lipinski definition) is 0. The van der Waals surface area contributed by atoms with E-state index >= 15 is 0 Å². The van der Waals surface area contributed by atoms with Crippen molar-refractivity contribution in [2.45, 2.75) is 45.4 Å². The van der Waals surface area contributed by atoms with E-state index in [1.165, 1.54) is 41.9 Å². The van der Waals surface area contributed by atoms with Gasteiger partial charge in [0.05, 0.1) is 11.1 Å². The third kappa shape index (κ3) is 2.64. The van der Waals surface area contributed by atoms with Crippen molar-refractivity contribution in [1.29, 1.82) is 0 Å². The van der Waals surface area contributed by atoms with Crippen molar-refractivity contribution < 1.29 is 9.59 Å². The van der Waals surface area contributed by atoms with Gasteiger partial charge in [-0.1, -0.05) is 39.0 Å². The third-order valence-electron chi connectivity index (χ3n) is 3.35. The van der Waals surface area contributed by atoms with Gasteiger partial charge in [-0.2, -0.15) is 11.3 Å². The first-order valence-electron chi connectivity index (χ1n) is 6.68. The lowest BCUT2D eigenvalue weighted by atomic mass is 10.1. The topological polar surface area (TPSA) is 37.4 Å². The third-order valence-corrected chi connectivity index (χ3v) is 4.09. The standard InChI is InChI=1S/C14H19NO2S/c1-2-3-4-5-6-7-8-15-13(16)11-9-18-10-12(11)14(15)17/h9-10H,2-8H2,1H3. The average molecular weight is 265 g/mol. The van der Waals surface area contributed by atoms with E-state index in [4.69, 9.17) is 0 Å². The summed E-state index contributed by atoms with van der Waals surface area (Å²) in [6.07, 6.45) is 7.00. The number of thiophene rings is 1. The van der Waals surface area contributed by atoms with Crippen LogP contribution in [0.3, 0.4) is 0 Å². The number of hydrogen-bond acceptors (Lipinski definition) is 3. The van der Waals surface area contributed by atoms with E-state index in [1.807, 2.05) is 0 Å². The molecular weight excluding hydrogens is 246 g/mol. The van der Waals surface area contributed by atoms with E-state index in [-0.39, 0.29) is 11.8 Å². The highest BCUT2D eigenvalue weighted by Gasteiger charge is 2.35. The lowest BCUT2D eigenvalue weighted by molar-refractivity contribution is 0.0651. The second-order valence-electron chi connectivity index (χ2n) is 4.73. The first kappa shape index (κ1) is 13.3. The van der Waals surface area contributed by atoms with Gasteiger partial charge in [-0.25, -0.2) is 0 Å². The van der Waals surface area contributed by atoms with Crippen molar-refractivity contribution in [3.63, 3.8) is 0 Å². The van der Waals surface area contributed by atoms with Gasteiger partial charge in [0.15, 0.2) is 0 Å². The van der Waals surface area contributed by atoms with E-state index in [1.54, 1.807) is 10.8 Å². The normalized spacial score (nSPS) is 14.4. The Morgan fingerprint density at radius 3 is 2.11 bits per heavy atom. The summed E-state index contributed by atoms with van der Waals surface area (Å²) in [5.74, 6) is -0.213. The van der Waals surface area contributed by atoms with Gasteiger partial charge in [-0.05, 0) is 6.42 Å². The highest BCUT2D eigenvalue weighted by Crippen LogP contribution is 2.26. The largest absolute Gasteiger partial charge is 0.274 e. The molecule has 1 aromatic heterocycles. The number of unbranched alkanes of at least 4 members (excludes halogenated alkanes) is 5. The van der Waals surface area contributed by atoms with Gasteiger partial charge in [0, 0.05) is 17.3 Å². The fourth-order valence-electron chi connectivity index (χ4n) is 2.26. The van der Waals surface area contributed by atoms with Crippen LogP contribution in [0.25, 0.3) is 0 Å². The molecule has 0 spiro atoms. The molecule has 0 aromatic carbocycles. The Bertz CT molecular complexity index is 408. The number of carbonyl (C=O) groups excluding carboxylic acids is 2. The first-order valence-corrected chi connectivity index (χ1v) is 7.62. The summed E-state index contributed by atoms with van der Waals surface area (Å²) in [7, 11) is 0. The van der Waals surface area contributed by atoms with E-state index in [2.05, 4.69) is 6.92 Å². The van der Waals surface area contributed by atoms with Gasteiger partial charge in [-0.3, -0.25) is 14.5 Å². The second-order valence-corrected chi connectivity index (χ2v) is 5.47. The van der Waals surface area contributed by atoms with Crippen LogP contribution in [0.1, 0.15) is 66.2 Å². The van der Waals surface area contributed by atoms with Crippen LogP contribution in [0, 0.1) is 0 Å². The molecule has 0 bridgehead atoms. The molecule has 1 aliphatic heterocycles. The zero-order valence-electron chi connectivity index (χ0n) is 10.8. The van der Waals surface area contributed by atoms with Gasteiger partial charge < -0.3 is 0 Å². The summed E-state index contributed by atoms with van der Waals surface area (Å²) in [5, 5.41) is 3.55. The van der Waals surface area contributed by atoms with E-state index in [9.17, 15) is 9.59 Å². The Kier molecular flexibility index (Phi) is 4.53. The zero-order valence-corrected chi connectivity index (χ0v) is 11.6. The van der Waals surface area contributed by atoms with Crippen molar-refractivity contribution in [1.82, 2.24) is 4.90 Å². The molecule has 0 saturated carbocycles. The number of rotatable bonds is 7. The van der Waals surface area contributed by atoms with Gasteiger partial charge in [0.25, 0.3) is 11.8 Å². The molecular formula is C14H19NO2S. The van der Waals surface area contributed by atoms with Gasteiger partial charge in [0.1, 0.15) is 0 Å². The van der Waals surface area contributed by atoms with Crippen LogP contribution < -0.4 is 0 Å². The number of imide groups is 1. The molecule has 1 aliphatic rings. The Balaban J connectivity index is 1.77. The van der Waals surface area contributed by atoms with Gasteiger partial charge in [-0.15, -0.1) is 0 Å². The summed E-state index contributed by atoms with van der Waals surface area (Å²) < 4.78 is 0. The molecule has 0 unspecified atom stereocenters. The van der Waals surface area contributed by atoms with E-state index in [0.717, 1.165) is 12.8 Å². The maximum atomic E-state index is 11.9. The summed E-state index contributed by atoms with van der Waals surface area (Å²) in [6, 6.07) is 0. The van der Waals surface area contributed by atoms with Gasteiger partial charge in [0.2, 0.25) is 0 Å².